The van der Waals surface area contributed by atoms with Gasteiger partial charge in [0.05, 0.1) is 25.0 Å². The van der Waals surface area contributed by atoms with Crippen molar-refractivity contribution in [2.45, 2.75) is 18.6 Å². The zero-order valence-electron chi connectivity index (χ0n) is 8.52. The third-order valence-corrected chi connectivity index (χ3v) is 3.53. The number of rotatable bonds is 4. The van der Waals surface area contributed by atoms with Gasteiger partial charge >= 0.3 is 0 Å². The largest absolute Gasteiger partial charge is 0.469 e. The van der Waals surface area contributed by atoms with Gasteiger partial charge in [-0.1, -0.05) is 0 Å². The molecule has 5 heteroatoms. The molecule has 2 atom stereocenters. The summed E-state index contributed by atoms with van der Waals surface area (Å²) in [6.45, 7) is 0.811. The highest BCUT2D eigenvalue weighted by Gasteiger charge is 2.24. The van der Waals surface area contributed by atoms with Crippen LogP contribution in [0.3, 0.4) is 0 Å². The molecule has 0 aromatic carbocycles. The molecule has 1 aliphatic rings. The van der Waals surface area contributed by atoms with Crippen LogP contribution in [0.15, 0.2) is 22.8 Å². The summed E-state index contributed by atoms with van der Waals surface area (Å²) >= 11 is 1.91. The van der Waals surface area contributed by atoms with Crippen LogP contribution in [0.25, 0.3) is 0 Å². The first-order valence-electron chi connectivity index (χ1n) is 5.08. The number of ether oxygens (including phenoxy) is 1. The van der Waals surface area contributed by atoms with E-state index in [4.69, 9.17) is 15.0 Å². The fourth-order valence-electron chi connectivity index (χ4n) is 1.68. The SMILES string of the molecule is NNC(Cc1ccco1)C1CSCCO1. The van der Waals surface area contributed by atoms with E-state index in [0.29, 0.717) is 0 Å². The first kappa shape index (κ1) is 11.0. The van der Waals surface area contributed by atoms with Gasteiger partial charge < -0.3 is 9.15 Å². The molecule has 4 nitrogen and oxygen atoms in total. The third-order valence-electron chi connectivity index (χ3n) is 2.51. The normalized spacial score (nSPS) is 23.9. The Morgan fingerprint density at radius 2 is 2.60 bits per heavy atom. The molecule has 1 fully saturated rings. The van der Waals surface area contributed by atoms with Gasteiger partial charge in [-0.3, -0.25) is 11.3 Å². The van der Waals surface area contributed by atoms with Crippen LogP contribution in [0.5, 0.6) is 0 Å². The maximum atomic E-state index is 5.67. The molecule has 2 rings (SSSR count). The van der Waals surface area contributed by atoms with Crippen molar-refractivity contribution in [2.75, 3.05) is 18.1 Å². The highest BCUT2D eigenvalue weighted by molar-refractivity contribution is 7.99. The summed E-state index contributed by atoms with van der Waals surface area (Å²) in [5, 5.41) is 0. The molecule has 1 aliphatic heterocycles. The first-order chi connectivity index (χ1) is 7.40. The molecule has 0 amide bonds. The predicted octanol–water partition coefficient (Wildman–Crippen LogP) is 0.786. The number of thioether (sulfide) groups is 1. The Balaban J connectivity index is 1.91. The quantitative estimate of drug-likeness (QED) is 0.589. The predicted molar refractivity (Wildman–Crippen MR) is 60.6 cm³/mol. The van der Waals surface area contributed by atoms with E-state index in [-0.39, 0.29) is 12.1 Å². The summed E-state index contributed by atoms with van der Waals surface area (Å²) in [6, 6.07) is 3.98. The van der Waals surface area contributed by atoms with E-state index in [0.717, 1.165) is 30.3 Å². The van der Waals surface area contributed by atoms with E-state index < -0.39 is 0 Å². The number of nitrogens with one attached hydrogen (secondary N) is 1. The standard InChI is InChI=1S/C10H16N2O2S/c11-12-9(6-8-2-1-3-13-8)10-7-15-5-4-14-10/h1-3,9-10,12H,4-7,11H2. The fourth-order valence-corrected chi connectivity index (χ4v) is 2.62. The van der Waals surface area contributed by atoms with Gasteiger partial charge in [-0.25, -0.2) is 0 Å². The van der Waals surface area contributed by atoms with Crippen LogP contribution in [-0.4, -0.2) is 30.3 Å². The van der Waals surface area contributed by atoms with Gasteiger partial charge in [-0.15, -0.1) is 0 Å². The van der Waals surface area contributed by atoms with Crippen LogP contribution in [0.1, 0.15) is 5.76 Å². The lowest BCUT2D eigenvalue weighted by molar-refractivity contribution is 0.0458. The Labute approximate surface area is 93.5 Å². The van der Waals surface area contributed by atoms with Crippen LogP contribution in [-0.2, 0) is 11.2 Å². The lowest BCUT2D eigenvalue weighted by Crippen LogP contribution is -2.49. The fraction of sp³-hybridized carbons (Fsp3) is 0.600. The Morgan fingerprint density at radius 1 is 1.67 bits per heavy atom. The van der Waals surface area contributed by atoms with Crippen LogP contribution in [0.2, 0.25) is 0 Å². The van der Waals surface area contributed by atoms with Crippen LogP contribution < -0.4 is 11.3 Å². The molecule has 15 heavy (non-hydrogen) atoms. The van der Waals surface area contributed by atoms with Crippen molar-refractivity contribution in [2.24, 2.45) is 5.84 Å². The van der Waals surface area contributed by atoms with E-state index in [2.05, 4.69) is 5.43 Å². The molecule has 0 aliphatic carbocycles. The van der Waals surface area contributed by atoms with Gasteiger partial charge in [0, 0.05) is 17.9 Å². The van der Waals surface area contributed by atoms with Crippen molar-refractivity contribution in [1.29, 1.82) is 0 Å². The summed E-state index contributed by atoms with van der Waals surface area (Å²) in [7, 11) is 0. The van der Waals surface area contributed by atoms with Gasteiger partial charge in [0.15, 0.2) is 0 Å². The molecule has 2 heterocycles. The summed E-state index contributed by atoms with van der Waals surface area (Å²) in [6.07, 6.45) is 2.63. The first-order valence-corrected chi connectivity index (χ1v) is 6.23. The number of hydrogen-bond donors (Lipinski definition) is 2. The zero-order valence-corrected chi connectivity index (χ0v) is 9.33. The molecule has 0 saturated carbocycles. The highest BCUT2D eigenvalue weighted by atomic mass is 32.2. The second kappa shape index (κ2) is 5.55. The van der Waals surface area contributed by atoms with Crippen molar-refractivity contribution in [3.63, 3.8) is 0 Å². The molecule has 3 N–H and O–H groups in total. The Morgan fingerprint density at radius 3 is 3.20 bits per heavy atom. The number of hydrazine groups is 1. The molecule has 1 saturated heterocycles. The molecule has 1 aromatic heterocycles. The number of furan rings is 1. The van der Waals surface area contributed by atoms with Crippen LogP contribution >= 0.6 is 11.8 Å². The minimum Gasteiger partial charge on any atom is -0.469 e. The number of hydrogen-bond acceptors (Lipinski definition) is 5. The van der Waals surface area contributed by atoms with Crippen LogP contribution in [0, 0.1) is 0 Å². The monoisotopic (exact) mass is 228 g/mol. The minimum absolute atomic E-state index is 0.129. The lowest BCUT2D eigenvalue weighted by Gasteiger charge is -2.29. The smallest absolute Gasteiger partial charge is 0.105 e. The summed E-state index contributed by atoms with van der Waals surface area (Å²) in [5.74, 6) is 8.55. The Bertz CT molecular complexity index is 273. The molecule has 1 aromatic rings. The molecular formula is C10H16N2O2S. The zero-order chi connectivity index (χ0) is 10.5. The molecular weight excluding hydrogens is 212 g/mol. The van der Waals surface area contributed by atoms with E-state index in [9.17, 15) is 0 Å². The van der Waals surface area contributed by atoms with Gasteiger partial charge in [-0.2, -0.15) is 11.8 Å². The second-order valence-electron chi connectivity index (χ2n) is 3.54. The molecule has 0 radical (unpaired) electrons. The average molecular weight is 228 g/mol. The Hall–Kier alpha value is -0.490. The maximum absolute atomic E-state index is 5.67. The van der Waals surface area contributed by atoms with Crippen LogP contribution in [0.4, 0.5) is 0 Å². The van der Waals surface area contributed by atoms with E-state index in [1.54, 1.807) is 6.26 Å². The average Bonchev–Trinajstić information content (AvgIpc) is 2.80. The molecule has 0 spiro atoms. The Kier molecular flexibility index (Phi) is 4.08. The number of nitrogens with two attached hydrogens (primary N) is 1. The maximum Gasteiger partial charge on any atom is 0.105 e. The van der Waals surface area contributed by atoms with Gasteiger partial charge in [0.25, 0.3) is 0 Å². The summed E-state index contributed by atoms with van der Waals surface area (Å²) in [4.78, 5) is 0. The van der Waals surface area contributed by atoms with E-state index in [1.807, 2.05) is 23.9 Å². The van der Waals surface area contributed by atoms with Crippen molar-refractivity contribution in [3.8, 4) is 0 Å². The van der Waals surface area contributed by atoms with Crippen molar-refractivity contribution in [3.05, 3.63) is 24.2 Å². The summed E-state index contributed by atoms with van der Waals surface area (Å²) in [5.41, 5.74) is 2.81. The van der Waals surface area contributed by atoms with Crippen molar-refractivity contribution in [1.82, 2.24) is 5.43 Å². The highest BCUT2D eigenvalue weighted by Crippen LogP contribution is 2.17. The minimum atomic E-state index is 0.129. The van der Waals surface area contributed by atoms with Crippen molar-refractivity contribution < 1.29 is 9.15 Å². The molecule has 0 bridgehead atoms. The third kappa shape index (κ3) is 2.98. The topological polar surface area (TPSA) is 60.4 Å². The second-order valence-corrected chi connectivity index (χ2v) is 4.69. The van der Waals surface area contributed by atoms with E-state index >= 15 is 0 Å². The van der Waals surface area contributed by atoms with E-state index in [1.165, 1.54) is 0 Å². The molecule has 84 valence electrons. The van der Waals surface area contributed by atoms with Crippen molar-refractivity contribution >= 4 is 11.8 Å². The van der Waals surface area contributed by atoms with Gasteiger partial charge in [0.1, 0.15) is 5.76 Å². The summed E-state index contributed by atoms with van der Waals surface area (Å²) < 4.78 is 11.0. The van der Waals surface area contributed by atoms with Gasteiger partial charge in [-0.05, 0) is 12.1 Å². The van der Waals surface area contributed by atoms with Gasteiger partial charge in [0.2, 0.25) is 0 Å². The molecule has 2 unspecified atom stereocenters. The lowest BCUT2D eigenvalue weighted by atomic mass is 10.1.